The molecule has 13 heteroatoms. The number of nitrogens with one attached hydrogen (secondary N) is 2. The van der Waals surface area contributed by atoms with Gasteiger partial charge in [-0.05, 0) is 49.6 Å². The summed E-state index contributed by atoms with van der Waals surface area (Å²) in [5.41, 5.74) is 0.875. The van der Waals surface area contributed by atoms with Crippen molar-refractivity contribution in [1.29, 1.82) is 0 Å². The van der Waals surface area contributed by atoms with Crippen LogP contribution in [0.1, 0.15) is 165 Å². The molecule has 60 heavy (non-hydrogen) atoms. The summed E-state index contributed by atoms with van der Waals surface area (Å²) in [6.07, 6.45) is 26.3. The number of halogens is 1. The highest BCUT2D eigenvalue weighted by Gasteiger charge is 2.39. The number of benzene rings is 2. The maximum atomic E-state index is 14.0. The maximum Gasteiger partial charge on any atom is 0.267 e. The van der Waals surface area contributed by atoms with Gasteiger partial charge in [-0.2, -0.15) is 0 Å². The molecule has 0 aliphatic carbocycles. The number of carbonyl (C=O) groups is 2. The van der Waals surface area contributed by atoms with E-state index in [4.69, 9.17) is 14.2 Å². The Morgan fingerprint density at radius 3 is 1.77 bits per heavy atom. The third kappa shape index (κ3) is 18.9. The summed E-state index contributed by atoms with van der Waals surface area (Å²) in [6.45, 7) is 7.20. The van der Waals surface area contributed by atoms with Crippen LogP contribution in [0.3, 0.4) is 0 Å². The number of alkyl halides is 1. The molecule has 11 nitrogen and oxygen atoms in total. The summed E-state index contributed by atoms with van der Waals surface area (Å²) in [5, 5.41) is 5.48. The van der Waals surface area contributed by atoms with Crippen LogP contribution in [0, 0.1) is 0 Å². The first-order chi connectivity index (χ1) is 29.2. The fourth-order valence-electron chi connectivity index (χ4n) is 7.20. The van der Waals surface area contributed by atoms with E-state index in [-0.39, 0.29) is 34.6 Å². The zero-order chi connectivity index (χ0) is 43.3. The van der Waals surface area contributed by atoms with Gasteiger partial charge >= 0.3 is 0 Å². The van der Waals surface area contributed by atoms with E-state index in [0.717, 1.165) is 25.9 Å². The molecule has 338 valence electrons. The van der Waals surface area contributed by atoms with Crippen molar-refractivity contribution in [2.45, 2.75) is 165 Å². The monoisotopic (exact) mass is 918 g/mol. The van der Waals surface area contributed by atoms with Crippen molar-refractivity contribution < 1.29 is 32.2 Å². The molecule has 0 spiro atoms. The lowest BCUT2D eigenvalue weighted by Crippen LogP contribution is -2.47. The molecule has 0 saturated heterocycles. The van der Waals surface area contributed by atoms with Crippen molar-refractivity contribution in [3.63, 3.8) is 0 Å². The van der Waals surface area contributed by atoms with Crippen LogP contribution in [-0.4, -0.2) is 81.8 Å². The number of nitrogens with zero attached hydrogens (tertiary/aromatic N) is 2. The number of amidine groups is 1. The minimum absolute atomic E-state index is 0.0466. The Balaban J connectivity index is 1.52. The van der Waals surface area contributed by atoms with Crippen LogP contribution in [0.15, 0.2) is 52.4 Å². The number of fused-ring (bicyclic) bond motifs is 1. The van der Waals surface area contributed by atoms with Crippen molar-refractivity contribution in [2.75, 3.05) is 51.9 Å². The van der Waals surface area contributed by atoms with Crippen LogP contribution in [0.4, 0.5) is 11.4 Å². The maximum absolute atomic E-state index is 14.0. The zero-order valence-corrected chi connectivity index (χ0v) is 39.4. The standard InChI is InChI=1S/C47H75BrN4O7S/c1-4-6-8-10-12-14-16-18-20-24-33-57-35-26-32-52-45(50-40-28-22-23-29-43(40)60(52,55)56)44(48)47(54)51-41-38-39(46(53)49-3)30-31-42(41)59-37-27-36-58-34-25-21-19-17-15-13-11-9-7-5-2/h22-23,28-31,38,44H,4-21,24-27,32-37H2,1-3H3,(H,49,53)(H,51,54). The van der Waals surface area contributed by atoms with Gasteiger partial charge < -0.3 is 24.8 Å². The molecule has 1 unspecified atom stereocenters. The molecular weight excluding hydrogens is 845 g/mol. The number of anilines is 1. The van der Waals surface area contributed by atoms with E-state index in [9.17, 15) is 18.0 Å². The summed E-state index contributed by atoms with van der Waals surface area (Å²) >= 11 is 3.48. The van der Waals surface area contributed by atoms with E-state index >= 15 is 0 Å². The summed E-state index contributed by atoms with van der Waals surface area (Å²) in [7, 11) is -2.48. The topological polar surface area (TPSA) is 136 Å². The summed E-state index contributed by atoms with van der Waals surface area (Å²) in [4.78, 5) is 30.1. The third-order valence-electron chi connectivity index (χ3n) is 10.7. The van der Waals surface area contributed by atoms with Crippen LogP contribution in [0.2, 0.25) is 0 Å². The van der Waals surface area contributed by atoms with Crippen LogP contribution in [0.5, 0.6) is 5.75 Å². The molecule has 0 saturated carbocycles. The molecule has 2 N–H and O–H groups in total. The molecule has 1 aliphatic heterocycles. The van der Waals surface area contributed by atoms with E-state index < -0.39 is 20.8 Å². The second kappa shape index (κ2) is 30.9. The Morgan fingerprint density at radius 1 is 0.683 bits per heavy atom. The molecule has 1 atom stereocenters. The van der Waals surface area contributed by atoms with Gasteiger partial charge in [0.25, 0.3) is 15.9 Å². The van der Waals surface area contributed by atoms with Crippen molar-refractivity contribution in [2.24, 2.45) is 4.99 Å². The Labute approximate surface area is 370 Å². The Bertz CT molecular complexity index is 1660. The van der Waals surface area contributed by atoms with Gasteiger partial charge in [0.1, 0.15) is 16.5 Å². The van der Waals surface area contributed by atoms with Crippen molar-refractivity contribution in [3.8, 4) is 5.75 Å². The first kappa shape index (κ1) is 51.4. The van der Waals surface area contributed by atoms with E-state index in [2.05, 4.69) is 45.4 Å². The first-order valence-electron chi connectivity index (χ1n) is 23.0. The zero-order valence-electron chi connectivity index (χ0n) is 37.0. The minimum atomic E-state index is -4.02. The highest BCUT2D eigenvalue weighted by atomic mass is 79.9. The number of para-hydroxylation sites is 1. The number of amides is 2. The summed E-state index contributed by atoms with van der Waals surface area (Å²) in [6, 6.07) is 11.4. The molecule has 3 rings (SSSR count). The van der Waals surface area contributed by atoms with Crippen molar-refractivity contribution >= 4 is 55.0 Å². The summed E-state index contributed by atoms with van der Waals surface area (Å²) in [5.74, 6) is -0.464. The SMILES string of the molecule is CCCCCCCCCCCCOCCCOc1ccc(C(=O)NC)cc1NC(=O)C(Br)C1=Nc2ccccc2S(=O)(=O)N1CCCOCCCCCCCCCCCC. The van der Waals surface area contributed by atoms with Gasteiger partial charge in [0.15, 0.2) is 4.83 Å². The number of aliphatic imine (C=N–C) groups is 1. The Morgan fingerprint density at radius 2 is 1.20 bits per heavy atom. The fourth-order valence-corrected chi connectivity index (χ4v) is 9.43. The molecule has 2 amide bonds. The van der Waals surface area contributed by atoms with Gasteiger partial charge in [-0.3, -0.25) is 13.9 Å². The molecule has 1 heterocycles. The van der Waals surface area contributed by atoms with Crippen LogP contribution < -0.4 is 15.4 Å². The number of hydrogen-bond donors (Lipinski definition) is 2. The molecule has 0 radical (unpaired) electrons. The summed E-state index contributed by atoms with van der Waals surface area (Å²) < 4.78 is 47.0. The predicted octanol–water partition coefficient (Wildman–Crippen LogP) is 11.5. The average molecular weight is 920 g/mol. The smallest absolute Gasteiger partial charge is 0.267 e. The average Bonchev–Trinajstić information content (AvgIpc) is 3.25. The molecular formula is C47H75BrN4O7S. The molecule has 0 fully saturated rings. The Hall–Kier alpha value is -3.00. The lowest BCUT2D eigenvalue weighted by atomic mass is 10.1. The van der Waals surface area contributed by atoms with E-state index in [0.29, 0.717) is 50.6 Å². The highest BCUT2D eigenvalue weighted by molar-refractivity contribution is 9.10. The van der Waals surface area contributed by atoms with E-state index in [1.165, 1.54) is 127 Å². The molecule has 2 aromatic carbocycles. The van der Waals surface area contributed by atoms with Gasteiger partial charge in [0.2, 0.25) is 5.91 Å². The number of carbonyl (C=O) groups excluding carboxylic acids is 2. The minimum Gasteiger partial charge on any atom is -0.491 e. The third-order valence-corrected chi connectivity index (χ3v) is 13.4. The molecule has 0 aromatic heterocycles. The van der Waals surface area contributed by atoms with Crippen LogP contribution in [0.25, 0.3) is 0 Å². The van der Waals surface area contributed by atoms with Crippen molar-refractivity contribution in [1.82, 2.24) is 9.62 Å². The second-order valence-electron chi connectivity index (χ2n) is 15.8. The van der Waals surface area contributed by atoms with Crippen molar-refractivity contribution in [3.05, 3.63) is 48.0 Å². The lowest BCUT2D eigenvalue weighted by Gasteiger charge is -2.31. The molecule has 2 aromatic rings. The van der Waals surface area contributed by atoms with Crippen LogP contribution in [-0.2, 0) is 24.3 Å². The van der Waals surface area contributed by atoms with Gasteiger partial charge in [-0.25, -0.2) is 13.4 Å². The lowest BCUT2D eigenvalue weighted by molar-refractivity contribution is -0.114. The number of hydrogen-bond acceptors (Lipinski definition) is 8. The van der Waals surface area contributed by atoms with E-state index in [1.807, 2.05) is 0 Å². The highest BCUT2D eigenvalue weighted by Crippen LogP contribution is 2.35. The van der Waals surface area contributed by atoms with Gasteiger partial charge in [-0.1, -0.05) is 157 Å². The number of rotatable bonds is 35. The van der Waals surface area contributed by atoms with Gasteiger partial charge in [0.05, 0.1) is 18.0 Å². The van der Waals surface area contributed by atoms with Gasteiger partial charge in [-0.15, -0.1) is 0 Å². The number of unbranched alkanes of at least 4 members (excludes halogenated alkanes) is 18. The first-order valence-corrected chi connectivity index (χ1v) is 25.4. The number of sulfonamides is 1. The number of ether oxygens (including phenoxy) is 3. The largest absolute Gasteiger partial charge is 0.491 e. The second-order valence-corrected chi connectivity index (χ2v) is 18.5. The molecule has 0 bridgehead atoms. The van der Waals surface area contributed by atoms with Gasteiger partial charge in [0, 0.05) is 52.0 Å². The van der Waals surface area contributed by atoms with Crippen LogP contribution >= 0.6 is 15.9 Å². The Kier molecular flexibility index (Phi) is 26.5. The van der Waals surface area contributed by atoms with E-state index in [1.54, 1.807) is 36.4 Å². The molecule has 1 aliphatic rings. The normalized spacial score (nSPS) is 13.7. The quantitative estimate of drug-likeness (QED) is 0.0519. The fraction of sp³-hybridized carbons (Fsp3) is 0.681. The predicted molar refractivity (Wildman–Crippen MR) is 249 cm³/mol.